The third-order valence-electron chi connectivity index (χ3n) is 3.59. The second kappa shape index (κ2) is 7.91. The van der Waals surface area contributed by atoms with Crippen LogP contribution >= 0.6 is 0 Å². The summed E-state index contributed by atoms with van der Waals surface area (Å²) in [5.74, 6) is -0.0934. The van der Waals surface area contributed by atoms with Crippen molar-refractivity contribution >= 4 is 17.4 Å². The fraction of sp³-hybridized carbons (Fsp3) is 0.500. The highest BCUT2D eigenvalue weighted by Crippen LogP contribution is 2.21. The highest BCUT2D eigenvalue weighted by molar-refractivity contribution is 6.02. The quantitative estimate of drug-likeness (QED) is 0.754. The van der Waals surface area contributed by atoms with Gasteiger partial charge in [0.25, 0.3) is 5.91 Å². The van der Waals surface area contributed by atoms with Gasteiger partial charge in [0.1, 0.15) is 5.78 Å². The van der Waals surface area contributed by atoms with Gasteiger partial charge in [-0.1, -0.05) is 12.1 Å². The van der Waals surface area contributed by atoms with Crippen LogP contribution in [0.2, 0.25) is 0 Å². The van der Waals surface area contributed by atoms with E-state index in [1.54, 1.807) is 6.07 Å². The highest BCUT2D eigenvalue weighted by atomic mass is 16.3. The van der Waals surface area contributed by atoms with Gasteiger partial charge in [0.05, 0.1) is 24.9 Å². The number of hydrogen-bond donors (Lipinski definition) is 3. The molecule has 0 aliphatic carbocycles. The van der Waals surface area contributed by atoms with Crippen LogP contribution in [0.5, 0.6) is 0 Å². The summed E-state index contributed by atoms with van der Waals surface area (Å²) in [4.78, 5) is 24.3. The summed E-state index contributed by atoms with van der Waals surface area (Å²) >= 11 is 0. The van der Waals surface area contributed by atoms with Gasteiger partial charge in [0.2, 0.25) is 0 Å². The number of ketones is 1. The van der Waals surface area contributed by atoms with Crippen molar-refractivity contribution in [3.63, 3.8) is 0 Å². The van der Waals surface area contributed by atoms with E-state index in [-0.39, 0.29) is 24.3 Å². The van der Waals surface area contributed by atoms with Crippen LogP contribution in [0.25, 0.3) is 0 Å². The van der Waals surface area contributed by atoms with E-state index in [1.165, 1.54) is 11.8 Å². The third-order valence-corrected chi connectivity index (χ3v) is 3.59. The Balaban J connectivity index is 0.000000211. The number of nitrogens with one attached hydrogen (secondary N) is 2. The van der Waals surface area contributed by atoms with Gasteiger partial charge in [-0.25, -0.2) is 0 Å². The molecule has 2 aliphatic rings. The van der Waals surface area contributed by atoms with E-state index >= 15 is 0 Å². The molecule has 1 amide bonds. The van der Waals surface area contributed by atoms with Crippen molar-refractivity contribution in [2.75, 3.05) is 31.6 Å². The summed E-state index contributed by atoms with van der Waals surface area (Å²) in [7, 11) is 0. The van der Waals surface area contributed by atoms with Crippen molar-refractivity contribution < 1.29 is 14.7 Å². The number of Topliss-reactive ketones (excluding diaryl/α,β-unsaturated/α-hetero) is 1. The van der Waals surface area contributed by atoms with Crippen molar-refractivity contribution in [1.29, 1.82) is 0 Å². The third kappa shape index (κ3) is 4.54. The Kier molecular flexibility index (Phi) is 5.91. The molecule has 1 atom stereocenters. The minimum Gasteiger partial charge on any atom is -0.392 e. The molecule has 1 aromatic carbocycles. The van der Waals surface area contributed by atoms with E-state index in [4.69, 9.17) is 5.11 Å². The zero-order chi connectivity index (χ0) is 15.9. The van der Waals surface area contributed by atoms with Crippen LogP contribution in [0.3, 0.4) is 0 Å². The molecule has 0 radical (unpaired) electrons. The molecule has 1 aromatic rings. The van der Waals surface area contributed by atoms with Gasteiger partial charge in [0.15, 0.2) is 0 Å². The normalized spacial score (nSPS) is 20.4. The van der Waals surface area contributed by atoms with Crippen LogP contribution in [0.4, 0.5) is 5.69 Å². The molecule has 1 fully saturated rings. The number of fused-ring (bicyclic) bond motifs is 1. The maximum absolute atomic E-state index is 11.9. The molecule has 2 heterocycles. The molecule has 1 saturated heterocycles. The van der Waals surface area contributed by atoms with Crippen LogP contribution in [0, 0.1) is 0 Å². The maximum atomic E-state index is 11.9. The van der Waals surface area contributed by atoms with Crippen molar-refractivity contribution in [3.05, 3.63) is 29.8 Å². The average Bonchev–Trinajstić information content (AvgIpc) is 2.51. The van der Waals surface area contributed by atoms with Gasteiger partial charge in [-0.2, -0.15) is 0 Å². The predicted molar refractivity (Wildman–Crippen MR) is 84.8 cm³/mol. The summed E-state index contributed by atoms with van der Waals surface area (Å²) in [6.07, 6.45) is 2.03. The number of β-amino-alcohol motifs (C(OH)–C–C–N with tert-alkyl or cyclic N) is 1. The largest absolute Gasteiger partial charge is 0.392 e. The molecular formula is C16H23N3O3. The molecule has 22 heavy (non-hydrogen) atoms. The first kappa shape index (κ1) is 16.5. The second-order valence-corrected chi connectivity index (χ2v) is 5.59. The number of aliphatic hydroxyl groups excluding tert-OH is 1. The molecule has 0 saturated carbocycles. The van der Waals surface area contributed by atoms with E-state index in [1.807, 2.05) is 18.2 Å². The van der Waals surface area contributed by atoms with Gasteiger partial charge in [-0.05, 0) is 38.4 Å². The fourth-order valence-corrected chi connectivity index (χ4v) is 2.48. The SMILES string of the molecule is CC(=O)CN1CNc2ccccc2C1=O.O[C@H]1CCCNC1. The minimum atomic E-state index is -0.0837. The first-order valence-electron chi connectivity index (χ1n) is 7.58. The Bertz CT molecular complexity index is 527. The van der Waals surface area contributed by atoms with Crippen molar-refractivity contribution in [2.45, 2.75) is 25.9 Å². The predicted octanol–water partition coefficient (Wildman–Crippen LogP) is 0.832. The molecule has 6 heteroatoms. The Morgan fingerprint density at radius 2 is 2.18 bits per heavy atom. The van der Waals surface area contributed by atoms with Gasteiger partial charge < -0.3 is 20.6 Å². The Hall–Kier alpha value is -1.92. The van der Waals surface area contributed by atoms with E-state index in [2.05, 4.69) is 10.6 Å². The number of carbonyl (C=O) groups excluding carboxylic acids is 2. The lowest BCUT2D eigenvalue weighted by atomic mass is 10.1. The topological polar surface area (TPSA) is 81.7 Å². The second-order valence-electron chi connectivity index (χ2n) is 5.59. The van der Waals surface area contributed by atoms with Gasteiger partial charge in [-0.3, -0.25) is 9.59 Å². The number of rotatable bonds is 2. The summed E-state index contributed by atoms with van der Waals surface area (Å²) in [5, 5.41) is 15.0. The van der Waals surface area contributed by atoms with E-state index in [9.17, 15) is 9.59 Å². The van der Waals surface area contributed by atoms with Crippen LogP contribution in [-0.4, -0.2) is 54.1 Å². The highest BCUT2D eigenvalue weighted by Gasteiger charge is 2.23. The summed E-state index contributed by atoms with van der Waals surface area (Å²) in [6, 6.07) is 7.31. The molecule has 0 bridgehead atoms. The number of anilines is 1. The number of para-hydroxylation sites is 1. The van der Waals surface area contributed by atoms with Crippen LogP contribution in [0.1, 0.15) is 30.1 Å². The first-order chi connectivity index (χ1) is 10.6. The van der Waals surface area contributed by atoms with Crippen molar-refractivity contribution in [3.8, 4) is 0 Å². The van der Waals surface area contributed by atoms with Crippen LogP contribution < -0.4 is 10.6 Å². The molecule has 0 aromatic heterocycles. The summed E-state index contributed by atoms with van der Waals surface area (Å²) in [5.41, 5.74) is 1.47. The Morgan fingerprint density at radius 3 is 2.77 bits per heavy atom. The van der Waals surface area contributed by atoms with Gasteiger partial charge >= 0.3 is 0 Å². The number of benzene rings is 1. The van der Waals surface area contributed by atoms with Crippen LogP contribution in [-0.2, 0) is 4.79 Å². The number of carbonyl (C=O) groups is 2. The molecule has 3 N–H and O–H groups in total. The molecule has 120 valence electrons. The van der Waals surface area contributed by atoms with Gasteiger partial charge in [-0.15, -0.1) is 0 Å². The zero-order valence-electron chi connectivity index (χ0n) is 12.8. The average molecular weight is 305 g/mol. The first-order valence-corrected chi connectivity index (χ1v) is 7.58. The monoisotopic (exact) mass is 305 g/mol. The maximum Gasteiger partial charge on any atom is 0.257 e. The molecule has 0 unspecified atom stereocenters. The smallest absolute Gasteiger partial charge is 0.257 e. The molecule has 0 spiro atoms. The minimum absolute atomic E-state index is 0.00969. The lowest BCUT2D eigenvalue weighted by molar-refractivity contribution is -0.117. The summed E-state index contributed by atoms with van der Waals surface area (Å²) < 4.78 is 0. The molecular weight excluding hydrogens is 282 g/mol. The Labute approximate surface area is 130 Å². The number of nitrogens with zero attached hydrogens (tertiary/aromatic N) is 1. The van der Waals surface area contributed by atoms with Crippen LogP contribution in [0.15, 0.2) is 24.3 Å². The number of amides is 1. The fourth-order valence-electron chi connectivity index (χ4n) is 2.48. The molecule has 3 rings (SSSR count). The van der Waals surface area contributed by atoms with Crippen molar-refractivity contribution in [2.24, 2.45) is 0 Å². The standard InChI is InChI=1S/C11H12N2O2.C5H11NO/c1-8(14)6-13-7-12-10-5-3-2-4-9(10)11(13)15;7-5-2-1-3-6-4-5/h2-5,12H,6-7H2,1H3;5-7H,1-4H2/t;5-/m.0/s1. The van der Waals surface area contributed by atoms with Crippen molar-refractivity contribution in [1.82, 2.24) is 10.2 Å². The van der Waals surface area contributed by atoms with E-state index < -0.39 is 0 Å². The number of piperidine rings is 1. The van der Waals surface area contributed by atoms with E-state index in [0.717, 1.165) is 31.6 Å². The molecule has 6 nitrogen and oxygen atoms in total. The lowest BCUT2D eigenvalue weighted by Crippen LogP contribution is -2.42. The number of aliphatic hydroxyl groups is 1. The Morgan fingerprint density at radius 1 is 1.41 bits per heavy atom. The number of hydrogen-bond acceptors (Lipinski definition) is 5. The lowest BCUT2D eigenvalue weighted by Gasteiger charge is -2.28. The van der Waals surface area contributed by atoms with Gasteiger partial charge in [0, 0.05) is 12.2 Å². The summed E-state index contributed by atoms with van der Waals surface area (Å²) in [6.45, 7) is 3.92. The molecule has 2 aliphatic heterocycles. The zero-order valence-corrected chi connectivity index (χ0v) is 12.8. The van der Waals surface area contributed by atoms with E-state index in [0.29, 0.717) is 12.2 Å².